The van der Waals surface area contributed by atoms with Gasteiger partial charge < -0.3 is 14.7 Å². The highest BCUT2D eigenvalue weighted by molar-refractivity contribution is 6.32. The quantitative estimate of drug-likeness (QED) is 0.339. The number of benzene rings is 1. The summed E-state index contributed by atoms with van der Waals surface area (Å²) in [5.41, 5.74) is 0.124. The number of halogens is 2. The second-order valence-electron chi connectivity index (χ2n) is 9.25. The molecule has 1 aliphatic rings. The number of carboxylic acid groups (broad SMARTS) is 1. The average molecular weight is 479 g/mol. The largest absolute Gasteiger partial charge is 0.497 e. The van der Waals surface area contributed by atoms with Gasteiger partial charge in [0.15, 0.2) is 0 Å². The van der Waals surface area contributed by atoms with Crippen molar-refractivity contribution < 1.29 is 19.0 Å². The number of fused-ring (bicyclic) bond motifs is 1. The normalized spacial score (nSPS) is 17.2. The molecule has 1 aliphatic heterocycles. The SMILES string of the molecule is CCCCCCCN1CCC(CC[C@@H](F)c2c(Cl)cnc3ccc(OC)cc23)(C(=O)O)CC1. The fraction of sp³-hybridized carbons (Fsp3) is 0.615. The van der Waals surface area contributed by atoms with E-state index in [4.69, 9.17) is 16.3 Å². The van der Waals surface area contributed by atoms with Gasteiger partial charge in [-0.3, -0.25) is 9.78 Å². The third-order valence-corrected chi connectivity index (χ3v) is 7.40. The van der Waals surface area contributed by atoms with Crippen molar-refractivity contribution in [1.82, 2.24) is 9.88 Å². The monoisotopic (exact) mass is 478 g/mol. The molecule has 33 heavy (non-hydrogen) atoms. The fourth-order valence-electron chi connectivity index (χ4n) is 4.87. The summed E-state index contributed by atoms with van der Waals surface area (Å²) in [6.45, 7) is 4.74. The predicted octanol–water partition coefficient (Wildman–Crippen LogP) is 6.82. The maximum atomic E-state index is 15.5. The second kappa shape index (κ2) is 12.0. The van der Waals surface area contributed by atoms with Gasteiger partial charge in [0, 0.05) is 17.1 Å². The van der Waals surface area contributed by atoms with E-state index in [0.29, 0.717) is 35.1 Å². The van der Waals surface area contributed by atoms with E-state index in [2.05, 4.69) is 16.8 Å². The number of carbonyl (C=O) groups is 1. The minimum atomic E-state index is -1.37. The van der Waals surface area contributed by atoms with Gasteiger partial charge >= 0.3 is 5.97 Å². The van der Waals surface area contributed by atoms with Gasteiger partial charge in [-0.2, -0.15) is 0 Å². The van der Waals surface area contributed by atoms with E-state index in [0.717, 1.165) is 26.1 Å². The first-order valence-electron chi connectivity index (χ1n) is 12.1. The Balaban J connectivity index is 1.64. The molecule has 182 valence electrons. The van der Waals surface area contributed by atoms with Crippen molar-refractivity contribution in [2.75, 3.05) is 26.7 Å². The Hall–Kier alpha value is -1.92. The van der Waals surface area contributed by atoms with Crippen molar-refractivity contribution in [3.8, 4) is 5.75 Å². The molecule has 7 heteroatoms. The number of likely N-dealkylation sites (tertiary alicyclic amines) is 1. The fourth-order valence-corrected chi connectivity index (χ4v) is 5.14. The first-order chi connectivity index (χ1) is 15.9. The lowest BCUT2D eigenvalue weighted by molar-refractivity contribution is -0.153. The Labute approximate surface area is 201 Å². The molecule has 0 spiro atoms. The van der Waals surface area contributed by atoms with Crippen LogP contribution in [0.1, 0.15) is 76.4 Å². The minimum Gasteiger partial charge on any atom is -0.497 e. The van der Waals surface area contributed by atoms with Crippen molar-refractivity contribution in [2.24, 2.45) is 5.41 Å². The van der Waals surface area contributed by atoms with Gasteiger partial charge in [-0.1, -0.05) is 44.2 Å². The molecule has 1 aromatic heterocycles. The number of hydrogen-bond donors (Lipinski definition) is 1. The number of nitrogens with zero attached hydrogens (tertiary/aromatic N) is 2. The molecule has 0 unspecified atom stereocenters. The molecular weight excluding hydrogens is 443 g/mol. The van der Waals surface area contributed by atoms with Crippen LogP contribution in [0, 0.1) is 5.41 Å². The Kier molecular flexibility index (Phi) is 9.33. The van der Waals surface area contributed by atoms with Crippen LogP contribution >= 0.6 is 11.6 Å². The van der Waals surface area contributed by atoms with Gasteiger partial charge in [-0.25, -0.2) is 4.39 Å². The zero-order chi connectivity index (χ0) is 23.8. The summed E-state index contributed by atoms with van der Waals surface area (Å²) >= 11 is 6.35. The van der Waals surface area contributed by atoms with Gasteiger partial charge in [0.2, 0.25) is 0 Å². The molecule has 5 nitrogen and oxygen atoms in total. The van der Waals surface area contributed by atoms with Gasteiger partial charge in [0.1, 0.15) is 11.9 Å². The first-order valence-corrected chi connectivity index (χ1v) is 12.5. The van der Waals surface area contributed by atoms with E-state index in [1.165, 1.54) is 31.9 Å². The predicted molar refractivity (Wildman–Crippen MR) is 131 cm³/mol. The van der Waals surface area contributed by atoms with Crippen molar-refractivity contribution in [3.63, 3.8) is 0 Å². The van der Waals surface area contributed by atoms with Crippen LogP contribution in [-0.4, -0.2) is 47.7 Å². The van der Waals surface area contributed by atoms with Crippen molar-refractivity contribution in [2.45, 2.75) is 70.9 Å². The van der Waals surface area contributed by atoms with E-state index in [9.17, 15) is 9.90 Å². The summed E-state index contributed by atoms with van der Waals surface area (Å²) in [6, 6.07) is 5.29. The molecule has 1 N–H and O–H groups in total. The van der Waals surface area contributed by atoms with Gasteiger partial charge in [-0.05, 0) is 69.9 Å². The summed E-state index contributed by atoms with van der Waals surface area (Å²) in [7, 11) is 1.56. The lowest BCUT2D eigenvalue weighted by Crippen LogP contribution is -2.44. The third-order valence-electron chi connectivity index (χ3n) is 7.10. The number of methoxy groups -OCH3 is 1. The minimum absolute atomic E-state index is 0.110. The Morgan fingerprint density at radius 2 is 2.00 bits per heavy atom. The van der Waals surface area contributed by atoms with Gasteiger partial charge in [-0.15, -0.1) is 0 Å². The van der Waals surface area contributed by atoms with Crippen molar-refractivity contribution in [1.29, 1.82) is 0 Å². The van der Waals surface area contributed by atoms with Crippen LogP contribution in [0.2, 0.25) is 5.02 Å². The maximum absolute atomic E-state index is 15.5. The zero-order valence-corrected chi connectivity index (χ0v) is 20.5. The highest BCUT2D eigenvalue weighted by Gasteiger charge is 2.41. The van der Waals surface area contributed by atoms with E-state index < -0.39 is 17.6 Å². The molecule has 0 amide bonds. The third kappa shape index (κ3) is 6.36. The highest BCUT2D eigenvalue weighted by Crippen LogP contribution is 2.42. The van der Waals surface area contributed by atoms with E-state index in [-0.39, 0.29) is 17.9 Å². The standard InChI is InChI=1S/C26H36ClFN2O3/c1-3-4-5-6-7-14-30-15-12-26(13-16-30,25(31)32)11-10-22(28)24-20-17-19(33-2)8-9-23(20)29-18-21(24)27/h8-9,17-18,22H,3-7,10-16H2,1-2H3,(H,31,32)/t22-/m1/s1. The Bertz CT molecular complexity index is 931. The average Bonchev–Trinajstić information content (AvgIpc) is 2.82. The summed E-state index contributed by atoms with van der Waals surface area (Å²) < 4.78 is 20.8. The molecule has 1 saturated heterocycles. The number of rotatable bonds is 12. The first kappa shape index (κ1) is 25.7. The van der Waals surface area contributed by atoms with E-state index in [1.54, 1.807) is 25.3 Å². The zero-order valence-electron chi connectivity index (χ0n) is 19.8. The molecule has 0 radical (unpaired) electrons. The van der Waals surface area contributed by atoms with Crippen LogP contribution in [0.5, 0.6) is 5.75 Å². The van der Waals surface area contributed by atoms with E-state index >= 15 is 4.39 Å². The van der Waals surface area contributed by atoms with Crippen LogP contribution in [0.4, 0.5) is 4.39 Å². The lowest BCUT2D eigenvalue weighted by Gasteiger charge is -2.39. The maximum Gasteiger partial charge on any atom is 0.309 e. The second-order valence-corrected chi connectivity index (χ2v) is 9.66. The van der Waals surface area contributed by atoms with Crippen LogP contribution in [0.25, 0.3) is 10.9 Å². The van der Waals surface area contributed by atoms with Crippen molar-refractivity contribution in [3.05, 3.63) is 35.0 Å². The lowest BCUT2D eigenvalue weighted by atomic mass is 9.74. The number of alkyl halides is 1. The molecule has 2 aromatic rings. The number of ether oxygens (including phenoxy) is 1. The van der Waals surface area contributed by atoms with Gasteiger partial charge in [0.25, 0.3) is 0 Å². The van der Waals surface area contributed by atoms with Crippen LogP contribution in [0.3, 0.4) is 0 Å². The number of unbranched alkanes of at least 4 members (excludes halogenated alkanes) is 4. The summed E-state index contributed by atoms with van der Waals surface area (Å²) in [5.74, 6) is -0.214. The Morgan fingerprint density at radius 1 is 1.27 bits per heavy atom. The summed E-state index contributed by atoms with van der Waals surface area (Å²) in [6.07, 6.45) is 7.76. The molecule has 3 rings (SSSR count). The molecule has 1 atom stereocenters. The highest BCUT2D eigenvalue weighted by atomic mass is 35.5. The number of hydrogen-bond acceptors (Lipinski definition) is 4. The van der Waals surface area contributed by atoms with E-state index in [1.807, 2.05) is 0 Å². The number of aliphatic carboxylic acids is 1. The molecule has 1 aromatic carbocycles. The molecule has 1 fully saturated rings. The molecule has 0 bridgehead atoms. The van der Waals surface area contributed by atoms with Crippen LogP contribution < -0.4 is 4.74 Å². The van der Waals surface area contributed by atoms with Crippen LogP contribution in [0.15, 0.2) is 24.4 Å². The molecule has 0 aliphatic carbocycles. The number of carboxylic acids is 1. The molecular formula is C26H36ClFN2O3. The Morgan fingerprint density at radius 3 is 2.67 bits per heavy atom. The number of aromatic nitrogens is 1. The number of pyridine rings is 1. The topological polar surface area (TPSA) is 62.7 Å². The number of piperidine rings is 1. The van der Waals surface area contributed by atoms with Gasteiger partial charge in [0.05, 0.1) is 23.1 Å². The summed E-state index contributed by atoms with van der Waals surface area (Å²) in [4.78, 5) is 18.9. The van der Waals surface area contributed by atoms with Crippen molar-refractivity contribution >= 4 is 28.5 Å². The smallest absolute Gasteiger partial charge is 0.309 e. The molecule has 0 saturated carbocycles. The molecule has 2 heterocycles. The summed E-state index contributed by atoms with van der Waals surface area (Å²) in [5, 5.41) is 10.9. The van der Waals surface area contributed by atoms with Crippen LogP contribution in [-0.2, 0) is 4.79 Å².